The fourth-order valence-electron chi connectivity index (χ4n) is 1.29. The van der Waals surface area contributed by atoms with Crippen molar-refractivity contribution < 1.29 is 7.86 Å². The lowest BCUT2D eigenvalue weighted by Gasteiger charge is -2.08. The number of aryl methyl sites for hydroxylation is 1. The summed E-state index contributed by atoms with van der Waals surface area (Å²) in [4.78, 5) is 11.2. The third-order valence-corrected chi connectivity index (χ3v) is 3.08. The molecule has 76 valence electrons. The maximum atomic E-state index is 11.2. The van der Waals surface area contributed by atoms with E-state index >= 15 is 0 Å². The van der Waals surface area contributed by atoms with Crippen LogP contribution in [0, 0.1) is 6.92 Å². The van der Waals surface area contributed by atoms with Crippen LogP contribution in [0.3, 0.4) is 0 Å². The molecule has 0 aliphatic rings. The summed E-state index contributed by atoms with van der Waals surface area (Å²) in [5.41, 5.74) is 3.00. The highest BCUT2D eigenvalue weighted by Gasteiger charge is 2.10. The first-order valence-electron chi connectivity index (χ1n) is 4.13. The minimum atomic E-state index is -0.290. The van der Waals surface area contributed by atoms with Gasteiger partial charge in [0, 0.05) is 3.92 Å². The lowest BCUT2D eigenvalue weighted by atomic mass is 10.0. The van der Waals surface area contributed by atoms with E-state index in [2.05, 4.69) is 32.6 Å². The Bertz CT molecular complexity index is 348. The Labute approximate surface area is 111 Å². The van der Waals surface area contributed by atoms with Crippen molar-refractivity contribution in [1.29, 1.82) is 0 Å². The highest BCUT2D eigenvalue weighted by atomic mass is 127. The van der Waals surface area contributed by atoms with Gasteiger partial charge in [0.15, 0.2) is 23.0 Å². The van der Waals surface area contributed by atoms with Crippen LogP contribution in [-0.4, -0.2) is 5.97 Å². The molecular formula is C10H10I2O2. The fourth-order valence-corrected chi connectivity index (χ4v) is 2.25. The van der Waals surface area contributed by atoms with E-state index in [1.54, 1.807) is 29.1 Å². The summed E-state index contributed by atoms with van der Waals surface area (Å²) < 4.78 is 5.08. The van der Waals surface area contributed by atoms with Crippen molar-refractivity contribution in [2.45, 2.75) is 17.8 Å². The van der Waals surface area contributed by atoms with Crippen molar-refractivity contribution in [2.24, 2.45) is 0 Å². The second kappa shape index (κ2) is 5.29. The Morgan fingerprint density at radius 1 is 1.50 bits per heavy atom. The molecule has 0 N–H and O–H groups in total. The van der Waals surface area contributed by atoms with Crippen LogP contribution in [0.1, 0.15) is 32.3 Å². The van der Waals surface area contributed by atoms with Gasteiger partial charge in [-0.05, 0) is 37.1 Å². The van der Waals surface area contributed by atoms with Crippen LogP contribution in [-0.2, 0) is 3.07 Å². The number of hydrogen-bond acceptors (Lipinski definition) is 2. The third-order valence-electron chi connectivity index (χ3n) is 2.00. The van der Waals surface area contributed by atoms with Crippen LogP contribution in [0.25, 0.3) is 0 Å². The standard InChI is InChI=1S/C10H10I2O2/c1-6-5-8(10(13)14-12)3-4-9(6)7(2)11/h3-5,7H,1-2H3. The van der Waals surface area contributed by atoms with E-state index in [0.717, 1.165) is 5.56 Å². The highest BCUT2D eigenvalue weighted by molar-refractivity contribution is 14.1. The molecule has 1 rings (SSSR count). The molecular weight excluding hydrogens is 406 g/mol. The lowest BCUT2D eigenvalue weighted by Crippen LogP contribution is -1.99. The average molecular weight is 416 g/mol. The molecule has 0 radical (unpaired) electrons. The Hall–Kier alpha value is 0.150. The number of alkyl halides is 1. The number of benzene rings is 1. The van der Waals surface area contributed by atoms with Crippen LogP contribution in [0.5, 0.6) is 0 Å². The summed E-state index contributed by atoms with van der Waals surface area (Å²) in [5.74, 6) is -0.290. The van der Waals surface area contributed by atoms with Crippen LogP contribution >= 0.6 is 45.6 Å². The first-order chi connectivity index (χ1) is 6.56. The Kier molecular flexibility index (Phi) is 4.62. The predicted molar refractivity (Wildman–Crippen MR) is 73.0 cm³/mol. The minimum absolute atomic E-state index is 0.290. The van der Waals surface area contributed by atoms with Crippen molar-refractivity contribution in [3.05, 3.63) is 34.9 Å². The first-order valence-corrected chi connectivity index (χ1v) is 6.26. The zero-order chi connectivity index (χ0) is 10.7. The second-order valence-electron chi connectivity index (χ2n) is 3.05. The highest BCUT2D eigenvalue weighted by Crippen LogP contribution is 2.26. The average Bonchev–Trinajstić information content (AvgIpc) is 2.15. The molecule has 0 saturated heterocycles. The van der Waals surface area contributed by atoms with Crippen LogP contribution in [0.4, 0.5) is 0 Å². The Morgan fingerprint density at radius 2 is 2.14 bits per heavy atom. The SMILES string of the molecule is Cc1cc(C(=O)OI)ccc1C(C)I. The van der Waals surface area contributed by atoms with E-state index in [1.807, 2.05) is 19.1 Å². The Morgan fingerprint density at radius 3 is 2.57 bits per heavy atom. The zero-order valence-electron chi connectivity index (χ0n) is 7.88. The molecule has 1 aromatic carbocycles. The van der Waals surface area contributed by atoms with Crippen molar-refractivity contribution in [1.82, 2.24) is 0 Å². The van der Waals surface area contributed by atoms with Crippen molar-refractivity contribution in [3.63, 3.8) is 0 Å². The lowest BCUT2D eigenvalue weighted by molar-refractivity contribution is 0.0800. The summed E-state index contributed by atoms with van der Waals surface area (Å²) >= 11 is 3.95. The smallest absolute Gasteiger partial charge is 0.347 e. The van der Waals surface area contributed by atoms with Gasteiger partial charge < -0.3 is 3.07 Å². The largest absolute Gasteiger partial charge is 0.391 e. The molecule has 0 bridgehead atoms. The molecule has 1 unspecified atom stereocenters. The summed E-state index contributed by atoms with van der Waals surface area (Å²) in [7, 11) is 0. The van der Waals surface area contributed by atoms with Crippen molar-refractivity contribution >= 4 is 51.6 Å². The molecule has 14 heavy (non-hydrogen) atoms. The van der Waals surface area contributed by atoms with Gasteiger partial charge in [0.2, 0.25) is 0 Å². The van der Waals surface area contributed by atoms with Crippen molar-refractivity contribution in [2.75, 3.05) is 0 Å². The van der Waals surface area contributed by atoms with Gasteiger partial charge in [-0.25, -0.2) is 4.79 Å². The Balaban J connectivity index is 3.06. The topological polar surface area (TPSA) is 26.3 Å². The monoisotopic (exact) mass is 416 g/mol. The molecule has 0 amide bonds. The number of hydrogen-bond donors (Lipinski definition) is 0. The van der Waals surface area contributed by atoms with E-state index in [0.29, 0.717) is 9.49 Å². The molecule has 1 aromatic rings. The molecule has 0 saturated carbocycles. The van der Waals surface area contributed by atoms with Crippen LogP contribution in [0.2, 0.25) is 0 Å². The first kappa shape index (κ1) is 12.2. The molecule has 2 nitrogen and oxygen atoms in total. The summed E-state index contributed by atoms with van der Waals surface area (Å²) in [6, 6.07) is 5.65. The molecule has 0 aromatic heterocycles. The fraction of sp³-hybridized carbons (Fsp3) is 0.300. The van der Waals surface area contributed by atoms with E-state index in [-0.39, 0.29) is 5.97 Å². The summed E-state index contributed by atoms with van der Waals surface area (Å²) in [5, 5.41) is 0. The minimum Gasteiger partial charge on any atom is -0.391 e. The molecule has 0 fully saturated rings. The van der Waals surface area contributed by atoms with Crippen LogP contribution in [0.15, 0.2) is 18.2 Å². The number of halogens is 2. The molecule has 0 spiro atoms. The van der Waals surface area contributed by atoms with Gasteiger partial charge in [-0.3, -0.25) is 0 Å². The van der Waals surface area contributed by atoms with Gasteiger partial charge in [-0.15, -0.1) is 0 Å². The number of carbonyl (C=O) groups excluding carboxylic acids is 1. The van der Waals surface area contributed by atoms with E-state index in [9.17, 15) is 4.79 Å². The van der Waals surface area contributed by atoms with Crippen LogP contribution < -0.4 is 0 Å². The maximum Gasteiger partial charge on any atom is 0.347 e. The van der Waals surface area contributed by atoms with Gasteiger partial charge in [-0.1, -0.05) is 28.7 Å². The third kappa shape index (κ3) is 2.82. The van der Waals surface area contributed by atoms with E-state index < -0.39 is 0 Å². The van der Waals surface area contributed by atoms with Gasteiger partial charge >= 0.3 is 5.97 Å². The normalized spacial score (nSPS) is 12.3. The van der Waals surface area contributed by atoms with Gasteiger partial charge in [0.1, 0.15) is 0 Å². The number of rotatable bonds is 2. The zero-order valence-corrected chi connectivity index (χ0v) is 12.2. The van der Waals surface area contributed by atoms with E-state index in [1.165, 1.54) is 5.56 Å². The van der Waals surface area contributed by atoms with Crippen molar-refractivity contribution in [3.8, 4) is 0 Å². The molecule has 4 heteroatoms. The quantitative estimate of drug-likeness (QED) is 0.539. The molecule has 0 aliphatic carbocycles. The number of carbonyl (C=O) groups is 1. The molecule has 0 heterocycles. The molecule has 1 atom stereocenters. The van der Waals surface area contributed by atoms with Gasteiger partial charge in [-0.2, -0.15) is 0 Å². The molecule has 0 aliphatic heterocycles. The van der Waals surface area contributed by atoms with E-state index in [4.69, 9.17) is 0 Å². The van der Waals surface area contributed by atoms with Gasteiger partial charge in [0.25, 0.3) is 0 Å². The predicted octanol–water partition coefficient (Wildman–Crippen LogP) is 4.00. The maximum absolute atomic E-state index is 11.2. The van der Waals surface area contributed by atoms with Gasteiger partial charge in [0.05, 0.1) is 5.56 Å². The summed E-state index contributed by atoms with van der Waals surface area (Å²) in [6.07, 6.45) is 0. The second-order valence-corrected chi connectivity index (χ2v) is 5.36. The summed E-state index contributed by atoms with van der Waals surface area (Å²) in [6.45, 7) is 4.13.